The van der Waals surface area contributed by atoms with Crippen LogP contribution in [0.15, 0.2) is 35.3 Å². The van der Waals surface area contributed by atoms with Crippen LogP contribution in [-0.2, 0) is 16.1 Å². The Hall–Kier alpha value is -2.37. The molecule has 0 saturated carbocycles. The molecular formula is C17H21N3O3. The second-order valence-corrected chi connectivity index (χ2v) is 5.92. The number of rotatable bonds is 6. The molecular weight excluding hydrogens is 294 g/mol. The topological polar surface area (TPSA) is 68.3 Å². The van der Waals surface area contributed by atoms with E-state index < -0.39 is 0 Å². The highest BCUT2D eigenvalue weighted by molar-refractivity contribution is 6.39. The third-order valence-electron chi connectivity index (χ3n) is 4.39. The smallest absolute Gasteiger partial charge is 0.290 e. The van der Waals surface area contributed by atoms with Crippen LogP contribution in [0.5, 0.6) is 0 Å². The average Bonchev–Trinajstić information content (AvgIpc) is 3.24. The lowest BCUT2D eigenvalue weighted by molar-refractivity contribution is -0.141. The minimum Gasteiger partial charge on any atom is -0.464 e. The first-order chi connectivity index (χ1) is 11.1. The van der Waals surface area contributed by atoms with Crippen LogP contribution >= 0.6 is 0 Å². The van der Waals surface area contributed by atoms with Crippen molar-refractivity contribution in [2.24, 2.45) is 5.92 Å². The number of aromatic nitrogens is 2. The van der Waals surface area contributed by atoms with Crippen LogP contribution in [-0.4, -0.2) is 32.7 Å². The van der Waals surface area contributed by atoms with Crippen LogP contribution < -0.4 is 0 Å². The number of ketones is 1. The van der Waals surface area contributed by atoms with Crippen molar-refractivity contribution in [3.8, 4) is 0 Å². The summed E-state index contributed by atoms with van der Waals surface area (Å²) < 4.78 is 7.68. The Bertz CT molecular complexity index is 690. The largest absolute Gasteiger partial charge is 0.464 e. The van der Waals surface area contributed by atoms with Crippen LogP contribution in [0.25, 0.3) is 0 Å². The lowest BCUT2D eigenvalue weighted by Crippen LogP contribution is -2.31. The fourth-order valence-electron chi connectivity index (χ4n) is 3.24. The molecule has 122 valence electrons. The first-order valence-electron chi connectivity index (χ1n) is 7.98. The highest BCUT2D eigenvalue weighted by Gasteiger charge is 2.47. The molecule has 2 atom stereocenters. The standard InChI is InChI=1S/C17H21N3O3/c1-3-13-15(14-6-5-12(2)23-14)20(17(22)16(13)21)9-4-8-19-10-7-18-11-19/h5-7,10-11,13,15H,3-4,8-9H2,1-2H3. The molecule has 1 amide bonds. The summed E-state index contributed by atoms with van der Waals surface area (Å²) in [4.78, 5) is 30.3. The van der Waals surface area contributed by atoms with Gasteiger partial charge in [0, 0.05) is 25.5 Å². The average molecular weight is 315 g/mol. The molecule has 6 nitrogen and oxygen atoms in total. The first kappa shape index (κ1) is 15.5. The Morgan fingerprint density at radius 1 is 1.26 bits per heavy atom. The lowest BCUT2D eigenvalue weighted by atomic mass is 9.94. The van der Waals surface area contributed by atoms with Crippen molar-refractivity contribution in [2.75, 3.05) is 6.54 Å². The van der Waals surface area contributed by atoms with Crippen molar-refractivity contribution in [1.29, 1.82) is 0 Å². The maximum atomic E-state index is 12.4. The Labute approximate surface area is 135 Å². The number of carbonyl (C=O) groups excluding carboxylic acids is 2. The highest BCUT2D eigenvalue weighted by atomic mass is 16.3. The molecule has 2 aromatic rings. The van der Waals surface area contributed by atoms with Gasteiger partial charge < -0.3 is 13.9 Å². The molecule has 6 heteroatoms. The van der Waals surface area contributed by atoms with Gasteiger partial charge in [-0.05, 0) is 31.9 Å². The number of furan rings is 1. The quantitative estimate of drug-likeness (QED) is 0.767. The summed E-state index contributed by atoms with van der Waals surface area (Å²) in [5.41, 5.74) is 0. The van der Waals surface area contributed by atoms with Gasteiger partial charge in [-0.25, -0.2) is 4.98 Å². The summed E-state index contributed by atoms with van der Waals surface area (Å²) >= 11 is 0. The maximum Gasteiger partial charge on any atom is 0.290 e. The molecule has 3 heterocycles. The molecule has 0 radical (unpaired) electrons. The number of aryl methyl sites for hydroxylation is 2. The zero-order chi connectivity index (χ0) is 16.4. The molecule has 3 rings (SSSR count). The van der Waals surface area contributed by atoms with E-state index in [2.05, 4.69) is 4.98 Å². The summed E-state index contributed by atoms with van der Waals surface area (Å²) in [7, 11) is 0. The second-order valence-electron chi connectivity index (χ2n) is 5.92. The fourth-order valence-corrected chi connectivity index (χ4v) is 3.24. The fraction of sp³-hybridized carbons (Fsp3) is 0.471. The van der Waals surface area contributed by atoms with Crippen LogP contribution in [0, 0.1) is 12.8 Å². The van der Waals surface area contributed by atoms with Gasteiger partial charge >= 0.3 is 0 Å². The van der Waals surface area contributed by atoms with Crippen LogP contribution in [0.2, 0.25) is 0 Å². The summed E-state index contributed by atoms with van der Waals surface area (Å²) in [6.45, 7) is 5.10. The zero-order valence-corrected chi connectivity index (χ0v) is 13.4. The summed E-state index contributed by atoms with van der Waals surface area (Å²) in [6, 6.07) is 3.47. The zero-order valence-electron chi connectivity index (χ0n) is 13.4. The van der Waals surface area contributed by atoms with Gasteiger partial charge in [0.2, 0.25) is 5.78 Å². The van der Waals surface area contributed by atoms with E-state index in [0.29, 0.717) is 18.7 Å². The highest BCUT2D eigenvalue weighted by Crippen LogP contribution is 2.38. The summed E-state index contributed by atoms with van der Waals surface area (Å²) in [5.74, 6) is 0.494. The molecule has 1 aliphatic rings. The normalized spacial score (nSPS) is 21.4. The molecule has 1 saturated heterocycles. The Balaban J connectivity index is 1.77. The van der Waals surface area contributed by atoms with Gasteiger partial charge in [-0.15, -0.1) is 0 Å². The minimum absolute atomic E-state index is 0.281. The summed E-state index contributed by atoms with van der Waals surface area (Å²) in [5, 5.41) is 0. The first-order valence-corrected chi connectivity index (χ1v) is 7.98. The molecule has 0 aromatic carbocycles. The van der Waals surface area contributed by atoms with Crippen molar-refractivity contribution in [3.63, 3.8) is 0 Å². The van der Waals surface area contributed by atoms with Crippen molar-refractivity contribution in [3.05, 3.63) is 42.4 Å². The third kappa shape index (κ3) is 2.93. The van der Waals surface area contributed by atoms with Crippen molar-refractivity contribution in [2.45, 2.75) is 39.3 Å². The molecule has 0 bridgehead atoms. The van der Waals surface area contributed by atoms with Crippen LogP contribution in [0.4, 0.5) is 0 Å². The number of hydrogen-bond donors (Lipinski definition) is 0. The van der Waals surface area contributed by atoms with E-state index in [9.17, 15) is 9.59 Å². The number of amides is 1. The van der Waals surface area contributed by atoms with Gasteiger partial charge in [-0.3, -0.25) is 9.59 Å². The third-order valence-corrected chi connectivity index (χ3v) is 4.39. The van der Waals surface area contributed by atoms with Crippen molar-refractivity contribution >= 4 is 11.7 Å². The molecule has 1 aliphatic heterocycles. The van der Waals surface area contributed by atoms with Crippen LogP contribution in [0.3, 0.4) is 0 Å². The lowest BCUT2D eigenvalue weighted by Gasteiger charge is -2.25. The Kier molecular flexibility index (Phi) is 4.32. The summed E-state index contributed by atoms with van der Waals surface area (Å²) in [6.07, 6.45) is 6.76. The minimum atomic E-state index is -0.387. The molecule has 2 aromatic heterocycles. The van der Waals surface area contributed by atoms with E-state index in [-0.39, 0.29) is 23.7 Å². The van der Waals surface area contributed by atoms with E-state index >= 15 is 0 Å². The van der Waals surface area contributed by atoms with E-state index in [0.717, 1.165) is 18.7 Å². The molecule has 1 fully saturated rings. The van der Waals surface area contributed by atoms with Gasteiger partial charge in [0.15, 0.2) is 0 Å². The van der Waals surface area contributed by atoms with E-state index in [1.807, 2.05) is 36.7 Å². The maximum absolute atomic E-state index is 12.4. The second kappa shape index (κ2) is 6.40. The van der Waals surface area contributed by atoms with Gasteiger partial charge in [-0.1, -0.05) is 6.92 Å². The number of hydrogen-bond acceptors (Lipinski definition) is 4. The van der Waals surface area contributed by atoms with Crippen LogP contribution in [0.1, 0.15) is 37.3 Å². The molecule has 2 unspecified atom stereocenters. The number of likely N-dealkylation sites (tertiary alicyclic amines) is 1. The molecule has 0 aliphatic carbocycles. The molecule has 23 heavy (non-hydrogen) atoms. The number of carbonyl (C=O) groups is 2. The monoisotopic (exact) mass is 315 g/mol. The predicted octanol–water partition coefficient (Wildman–Crippen LogP) is 2.35. The van der Waals surface area contributed by atoms with E-state index in [1.54, 1.807) is 17.4 Å². The van der Waals surface area contributed by atoms with Crippen molar-refractivity contribution < 1.29 is 14.0 Å². The van der Waals surface area contributed by atoms with Gasteiger partial charge in [0.05, 0.1) is 12.2 Å². The Morgan fingerprint density at radius 3 is 2.70 bits per heavy atom. The number of nitrogens with zero attached hydrogens (tertiary/aromatic N) is 3. The number of imidazole rings is 1. The predicted molar refractivity (Wildman–Crippen MR) is 83.5 cm³/mol. The van der Waals surface area contributed by atoms with Gasteiger partial charge in [-0.2, -0.15) is 0 Å². The molecule has 0 N–H and O–H groups in total. The van der Waals surface area contributed by atoms with Crippen molar-refractivity contribution in [1.82, 2.24) is 14.5 Å². The van der Waals surface area contributed by atoms with E-state index in [1.165, 1.54) is 0 Å². The Morgan fingerprint density at radius 2 is 2.09 bits per heavy atom. The SMILES string of the molecule is CCC1C(=O)C(=O)N(CCCn2ccnc2)C1c1ccc(C)o1. The van der Waals surface area contributed by atoms with Gasteiger partial charge in [0.1, 0.15) is 17.6 Å². The number of Topliss-reactive ketones (excluding diaryl/α,β-unsaturated/α-hetero) is 1. The van der Waals surface area contributed by atoms with E-state index in [4.69, 9.17) is 4.42 Å². The van der Waals surface area contributed by atoms with Gasteiger partial charge in [0.25, 0.3) is 5.91 Å². The molecule has 0 spiro atoms.